The van der Waals surface area contributed by atoms with Gasteiger partial charge in [0.2, 0.25) is 0 Å². The number of carbonyl (C=O) groups excluding carboxylic acids is 1. The third-order valence-electron chi connectivity index (χ3n) is 3.09. The van der Waals surface area contributed by atoms with E-state index in [1.165, 1.54) is 23.6 Å². The summed E-state index contributed by atoms with van der Waals surface area (Å²) in [5.74, 6) is -0.385. The molecule has 3 rings (SSSR count). The van der Waals surface area contributed by atoms with Crippen molar-refractivity contribution in [3.05, 3.63) is 58.2 Å². The second kappa shape index (κ2) is 6.71. The fraction of sp³-hybridized carbons (Fsp3) is 0.125. The first-order valence-corrected chi connectivity index (χ1v) is 7.98. The van der Waals surface area contributed by atoms with Gasteiger partial charge in [-0.1, -0.05) is 0 Å². The summed E-state index contributed by atoms with van der Waals surface area (Å²) in [4.78, 5) is 24.8. The lowest BCUT2D eigenvalue weighted by Crippen LogP contribution is -2.16. The third kappa shape index (κ3) is 3.72. The first kappa shape index (κ1) is 16.0. The van der Waals surface area contributed by atoms with Crippen molar-refractivity contribution >= 4 is 34.4 Å². The molecule has 6 nitrogen and oxygen atoms in total. The average Bonchev–Trinajstić information content (AvgIpc) is 2.94. The Morgan fingerprint density at radius 1 is 1.21 bits per heavy atom. The van der Waals surface area contributed by atoms with Crippen molar-refractivity contribution < 1.29 is 9.18 Å². The highest BCUT2D eigenvalue weighted by Crippen LogP contribution is 2.22. The van der Waals surface area contributed by atoms with E-state index in [0.717, 1.165) is 11.2 Å². The van der Waals surface area contributed by atoms with Gasteiger partial charge in [0.15, 0.2) is 5.69 Å². The van der Waals surface area contributed by atoms with Gasteiger partial charge in [0, 0.05) is 17.1 Å². The van der Waals surface area contributed by atoms with Crippen molar-refractivity contribution in [1.29, 1.82) is 0 Å². The van der Waals surface area contributed by atoms with Gasteiger partial charge in [-0.3, -0.25) is 9.78 Å². The number of nitrogens with zero attached hydrogens (tertiary/aromatic N) is 3. The molecule has 3 heterocycles. The average molecular weight is 343 g/mol. The standard InChI is InChI=1S/C16H14FN5OS/c1-9-3-4-13(21-12-5-11(17)6-18-7-12)15(19-9)16(23)22-14-8-24-10(2)20-14/h3-8,21H,1-2H3,(H,22,23). The predicted octanol–water partition coefficient (Wildman–Crippen LogP) is 3.68. The molecule has 0 bridgehead atoms. The van der Waals surface area contributed by atoms with Crippen molar-refractivity contribution in [2.24, 2.45) is 0 Å². The van der Waals surface area contributed by atoms with Crippen LogP contribution < -0.4 is 10.6 Å². The molecule has 8 heteroatoms. The van der Waals surface area contributed by atoms with E-state index >= 15 is 0 Å². The minimum atomic E-state index is -0.468. The van der Waals surface area contributed by atoms with Crippen molar-refractivity contribution in [2.45, 2.75) is 13.8 Å². The Morgan fingerprint density at radius 2 is 2.04 bits per heavy atom. The number of amides is 1. The van der Waals surface area contributed by atoms with Gasteiger partial charge in [0.25, 0.3) is 5.91 Å². The molecule has 1 amide bonds. The normalized spacial score (nSPS) is 10.5. The van der Waals surface area contributed by atoms with E-state index in [2.05, 4.69) is 25.6 Å². The summed E-state index contributed by atoms with van der Waals surface area (Å²) in [6.45, 7) is 3.65. The van der Waals surface area contributed by atoms with Crippen LogP contribution in [-0.2, 0) is 0 Å². The maximum Gasteiger partial charge on any atom is 0.277 e. The van der Waals surface area contributed by atoms with Crippen LogP contribution in [0, 0.1) is 19.7 Å². The first-order valence-electron chi connectivity index (χ1n) is 7.10. The summed E-state index contributed by atoms with van der Waals surface area (Å²) in [5, 5.41) is 8.29. The van der Waals surface area contributed by atoms with Crippen LogP contribution in [0.3, 0.4) is 0 Å². The van der Waals surface area contributed by atoms with Crippen molar-refractivity contribution in [2.75, 3.05) is 10.6 Å². The smallest absolute Gasteiger partial charge is 0.277 e. The van der Waals surface area contributed by atoms with Gasteiger partial charge in [0.1, 0.15) is 11.6 Å². The third-order valence-corrected chi connectivity index (χ3v) is 3.87. The van der Waals surface area contributed by atoms with Gasteiger partial charge >= 0.3 is 0 Å². The molecule has 0 saturated carbocycles. The van der Waals surface area contributed by atoms with Gasteiger partial charge in [-0.2, -0.15) is 0 Å². The fourth-order valence-corrected chi connectivity index (χ4v) is 2.61. The zero-order chi connectivity index (χ0) is 17.1. The molecule has 24 heavy (non-hydrogen) atoms. The molecule has 0 aromatic carbocycles. The Labute approximate surface area is 141 Å². The van der Waals surface area contributed by atoms with Crippen LogP contribution in [-0.4, -0.2) is 20.9 Å². The van der Waals surface area contributed by atoms with Crippen LogP contribution in [0.2, 0.25) is 0 Å². The highest BCUT2D eigenvalue weighted by atomic mass is 32.1. The van der Waals surface area contributed by atoms with Crippen LogP contribution in [0.5, 0.6) is 0 Å². The Balaban J connectivity index is 1.88. The van der Waals surface area contributed by atoms with E-state index in [-0.39, 0.29) is 5.69 Å². The minimum Gasteiger partial charge on any atom is -0.352 e. The highest BCUT2D eigenvalue weighted by molar-refractivity contribution is 7.09. The predicted molar refractivity (Wildman–Crippen MR) is 91.3 cm³/mol. The summed E-state index contributed by atoms with van der Waals surface area (Å²) < 4.78 is 13.3. The van der Waals surface area contributed by atoms with Crippen molar-refractivity contribution in [3.63, 3.8) is 0 Å². The summed E-state index contributed by atoms with van der Waals surface area (Å²) >= 11 is 1.44. The quantitative estimate of drug-likeness (QED) is 0.755. The maximum absolute atomic E-state index is 13.3. The lowest BCUT2D eigenvalue weighted by molar-refractivity contribution is 0.102. The Kier molecular flexibility index (Phi) is 4.48. The highest BCUT2D eigenvalue weighted by Gasteiger charge is 2.15. The molecule has 0 spiro atoms. The topological polar surface area (TPSA) is 79.8 Å². The van der Waals surface area contributed by atoms with E-state index in [9.17, 15) is 9.18 Å². The molecule has 0 radical (unpaired) electrons. The number of hydrogen-bond acceptors (Lipinski definition) is 6. The Morgan fingerprint density at radius 3 is 2.75 bits per heavy atom. The van der Waals surface area contributed by atoms with E-state index in [4.69, 9.17) is 0 Å². The Bertz CT molecular complexity index is 896. The number of halogens is 1. The molecule has 0 unspecified atom stereocenters. The minimum absolute atomic E-state index is 0.199. The van der Waals surface area contributed by atoms with Crippen molar-refractivity contribution in [1.82, 2.24) is 15.0 Å². The van der Waals surface area contributed by atoms with Gasteiger partial charge in [0.05, 0.1) is 28.8 Å². The summed E-state index contributed by atoms with van der Waals surface area (Å²) in [5.41, 5.74) is 1.78. The van der Waals surface area contributed by atoms with E-state index < -0.39 is 11.7 Å². The molecule has 0 atom stereocenters. The largest absolute Gasteiger partial charge is 0.352 e. The maximum atomic E-state index is 13.3. The fourth-order valence-electron chi connectivity index (χ4n) is 2.06. The van der Waals surface area contributed by atoms with E-state index in [0.29, 0.717) is 22.9 Å². The number of pyridine rings is 2. The van der Waals surface area contributed by atoms with Crippen LogP contribution in [0.1, 0.15) is 21.2 Å². The molecule has 2 N–H and O–H groups in total. The molecule has 0 aliphatic heterocycles. The molecule has 0 fully saturated rings. The number of carbonyl (C=O) groups is 1. The molecule has 0 saturated heterocycles. The molecule has 122 valence electrons. The van der Waals surface area contributed by atoms with Crippen LogP contribution in [0.25, 0.3) is 0 Å². The number of aryl methyl sites for hydroxylation is 2. The summed E-state index contributed by atoms with van der Waals surface area (Å²) in [6.07, 6.45) is 2.57. The van der Waals surface area contributed by atoms with Crippen LogP contribution in [0.4, 0.5) is 21.6 Å². The van der Waals surface area contributed by atoms with Gasteiger partial charge in [-0.05, 0) is 26.0 Å². The van der Waals surface area contributed by atoms with E-state index in [1.807, 2.05) is 6.92 Å². The Hall–Kier alpha value is -2.87. The number of nitrogens with one attached hydrogen (secondary N) is 2. The first-order chi connectivity index (χ1) is 11.5. The second-order valence-corrected chi connectivity index (χ2v) is 6.13. The van der Waals surface area contributed by atoms with Gasteiger partial charge in [-0.15, -0.1) is 11.3 Å². The lowest BCUT2D eigenvalue weighted by atomic mass is 10.2. The zero-order valence-electron chi connectivity index (χ0n) is 13.0. The molecule has 0 aliphatic carbocycles. The SMILES string of the molecule is Cc1ccc(Nc2cncc(F)c2)c(C(=O)Nc2csc(C)n2)n1. The second-order valence-electron chi connectivity index (χ2n) is 5.07. The summed E-state index contributed by atoms with van der Waals surface area (Å²) in [6, 6.07) is 4.77. The molecule has 3 aromatic heterocycles. The lowest BCUT2D eigenvalue weighted by Gasteiger charge is -2.11. The number of anilines is 3. The molecular formula is C16H14FN5OS. The number of aromatic nitrogens is 3. The number of thiazole rings is 1. The molecular weight excluding hydrogens is 329 g/mol. The van der Waals surface area contributed by atoms with Crippen LogP contribution >= 0.6 is 11.3 Å². The molecule has 0 aliphatic rings. The molecule has 3 aromatic rings. The van der Waals surface area contributed by atoms with Crippen molar-refractivity contribution in [3.8, 4) is 0 Å². The monoisotopic (exact) mass is 343 g/mol. The van der Waals surface area contributed by atoms with Gasteiger partial charge < -0.3 is 10.6 Å². The van der Waals surface area contributed by atoms with E-state index in [1.54, 1.807) is 24.4 Å². The van der Waals surface area contributed by atoms with Gasteiger partial charge in [-0.25, -0.2) is 14.4 Å². The van der Waals surface area contributed by atoms with Crippen LogP contribution in [0.15, 0.2) is 36.0 Å². The summed E-state index contributed by atoms with van der Waals surface area (Å²) in [7, 11) is 0. The zero-order valence-corrected chi connectivity index (χ0v) is 13.8. The number of rotatable bonds is 4. The number of hydrogen-bond donors (Lipinski definition) is 2.